The lowest BCUT2D eigenvalue weighted by molar-refractivity contribution is 0.0764. The molecule has 4 rings (SSSR count). The molecule has 0 radical (unpaired) electrons. The first-order valence-corrected chi connectivity index (χ1v) is 9.61. The van der Waals surface area contributed by atoms with Gasteiger partial charge < -0.3 is 15.1 Å². The van der Waals surface area contributed by atoms with E-state index >= 15 is 0 Å². The standard InChI is InChI=1S/C23H24N2O3/c1-15-11-18(14-26)20-8-4-6-17(22(20)24-15)12-16-5-2-3-7-21(16)23(28)25-10-9-19(27)13-25/h2-8,11,19,26-27H,9-10,12-14H2,1H3/t19-/m1/s1. The Morgan fingerprint density at radius 3 is 2.68 bits per heavy atom. The minimum Gasteiger partial charge on any atom is -0.392 e. The molecule has 3 aromatic rings. The summed E-state index contributed by atoms with van der Waals surface area (Å²) < 4.78 is 0. The predicted molar refractivity (Wildman–Crippen MR) is 108 cm³/mol. The number of β-amino-alcohol motifs (C(OH)–C–C–N with tert-alkyl or cyclic N) is 1. The van der Waals surface area contributed by atoms with E-state index in [2.05, 4.69) is 0 Å². The molecule has 1 amide bonds. The number of nitrogens with zero attached hydrogens (tertiary/aromatic N) is 2. The molecule has 1 saturated heterocycles. The summed E-state index contributed by atoms with van der Waals surface area (Å²) in [6.45, 7) is 2.87. The van der Waals surface area contributed by atoms with Crippen molar-refractivity contribution >= 4 is 16.8 Å². The highest BCUT2D eigenvalue weighted by Crippen LogP contribution is 2.26. The Kier molecular flexibility index (Phi) is 5.11. The number of aromatic nitrogens is 1. The Labute approximate surface area is 164 Å². The van der Waals surface area contributed by atoms with E-state index < -0.39 is 6.10 Å². The van der Waals surface area contributed by atoms with Crippen LogP contribution in [0.4, 0.5) is 0 Å². The fraction of sp³-hybridized carbons (Fsp3) is 0.304. The molecule has 1 aromatic heterocycles. The minimum absolute atomic E-state index is 0.0321. The molecular formula is C23H24N2O3. The van der Waals surface area contributed by atoms with Gasteiger partial charge in [-0.2, -0.15) is 0 Å². The molecular weight excluding hydrogens is 352 g/mol. The largest absolute Gasteiger partial charge is 0.392 e. The van der Waals surface area contributed by atoms with Gasteiger partial charge in [0.05, 0.1) is 18.2 Å². The number of aryl methyl sites for hydroxylation is 1. The minimum atomic E-state index is -0.432. The summed E-state index contributed by atoms with van der Waals surface area (Å²) in [5.41, 5.74) is 5.22. The second-order valence-electron chi connectivity index (χ2n) is 7.42. The molecule has 0 spiro atoms. The number of aliphatic hydroxyl groups is 2. The van der Waals surface area contributed by atoms with Gasteiger partial charge in [0.15, 0.2) is 0 Å². The van der Waals surface area contributed by atoms with Gasteiger partial charge in [-0.15, -0.1) is 0 Å². The number of aliphatic hydroxyl groups excluding tert-OH is 2. The number of benzene rings is 2. The molecule has 1 aliphatic heterocycles. The van der Waals surface area contributed by atoms with E-state index in [1.807, 2.05) is 55.5 Å². The molecule has 5 nitrogen and oxygen atoms in total. The number of para-hydroxylation sites is 1. The SMILES string of the molecule is Cc1cc(CO)c2cccc(Cc3ccccc3C(=O)N3CC[C@@H](O)C3)c2n1. The summed E-state index contributed by atoms with van der Waals surface area (Å²) >= 11 is 0. The molecule has 144 valence electrons. The average Bonchev–Trinajstić information content (AvgIpc) is 3.14. The van der Waals surface area contributed by atoms with Gasteiger partial charge in [0, 0.05) is 36.2 Å². The molecule has 0 bridgehead atoms. The second kappa shape index (κ2) is 7.70. The summed E-state index contributed by atoms with van der Waals surface area (Å²) in [6, 6.07) is 15.5. The quantitative estimate of drug-likeness (QED) is 0.734. The molecule has 1 aliphatic rings. The zero-order chi connectivity index (χ0) is 19.7. The maximum absolute atomic E-state index is 13.0. The number of pyridine rings is 1. The van der Waals surface area contributed by atoms with E-state index in [-0.39, 0.29) is 12.5 Å². The second-order valence-corrected chi connectivity index (χ2v) is 7.42. The van der Waals surface area contributed by atoms with Crippen molar-refractivity contribution in [1.82, 2.24) is 9.88 Å². The van der Waals surface area contributed by atoms with E-state index in [1.165, 1.54) is 0 Å². The number of rotatable bonds is 4. The lowest BCUT2D eigenvalue weighted by Gasteiger charge is -2.18. The molecule has 2 N–H and O–H groups in total. The van der Waals surface area contributed by atoms with Crippen LogP contribution in [0.25, 0.3) is 10.9 Å². The third-order valence-corrected chi connectivity index (χ3v) is 5.39. The number of hydrogen-bond donors (Lipinski definition) is 2. The van der Waals surface area contributed by atoms with E-state index in [9.17, 15) is 15.0 Å². The fourth-order valence-corrected chi connectivity index (χ4v) is 3.98. The van der Waals surface area contributed by atoms with E-state index in [0.717, 1.165) is 33.3 Å². The number of carbonyl (C=O) groups excluding carboxylic acids is 1. The van der Waals surface area contributed by atoms with Gasteiger partial charge in [-0.05, 0) is 42.2 Å². The first kappa shape index (κ1) is 18.6. The lowest BCUT2D eigenvalue weighted by atomic mass is 9.96. The van der Waals surface area contributed by atoms with Gasteiger partial charge in [0.1, 0.15) is 0 Å². The highest BCUT2D eigenvalue weighted by atomic mass is 16.3. The van der Waals surface area contributed by atoms with Crippen molar-refractivity contribution in [1.29, 1.82) is 0 Å². The van der Waals surface area contributed by atoms with Gasteiger partial charge in [-0.3, -0.25) is 9.78 Å². The molecule has 0 saturated carbocycles. The molecule has 1 atom stereocenters. The third kappa shape index (κ3) is 3.51. The topological polar surface area (TPSA) is 73.7 Å². The Balaban J connectivity index is 1.73. The van der Waals surface area contributed by atoms with E-state index in [4.69, 9.17) is 4.98 Å². The first-order valence-electron chi connectivity index (χ1n) is 9.61. The molecule has 5 heteroatoms. The summed E-state index contributed by atoms with van der Waals surface area (Å²) in [5, 5.41) is 20.4. The molecule has 0 aliphatic carbocycles. The maximum Gasteiger partial charge on any atom is 0.254 e. The van der Waals surface area contributed by atoms with Crippen LogP contribution in [-0.4, -0.2) is 45.2 Å². The van der Waals surface area contributed by atoms with Crippen molar-refractivity contribution in [3.63, 3.8) is 0 Å². The van der Waals surface area contributed by atoms with Crippen LogP contribution in [-0.2, 0) is 13.0 Å². The van der Waals surface area contributed by atoms with Crippen LogP contribution in [0, 0.1) is 6.92 Å². The van der Waals surface area contributed by atoms with Gasteiger partial charge >= 0.3 is 0 Å². The van der Waals surface area contributed by atoms with Gasteiger partial charge in [0.2, 0.25) is 0 Å². The Morgan fingerprint density at radius 1 is 1.14 bits per heavy atom. The highest BCUT2D eigenvalue weighted by Gasteiger charge is 2.26. The zero-order valence-corrected chi connectivity index (χ0v) is 15.9. The molecule has 2 heterocycles. The van der Waals surface area contributed by atoms with Gasteiger partial charge in [-0.1, -0.05) is 36.4 Å². The molecule has 1 fully saturated rings. The number of amides is 1. The highest BCUT2D eigenvalue weighted by molar-refractivity contribution is 5.96. The monoisotopic (exact) mass is 376 g/mol. The number of fused-ring (bicyclic) bond motifs is 1. The average molecular weight is 376 g/mol. The molecule has 2 aromatic carbocycles. The lowest BCUT2D eigenvalue weighted by Crippen LogP contribution is -2.30. The Bertz CT molecular complexity index is 1030. The normalized spacial score (nSPS) is 16.7. The van der Waals surface area contributed by atoms with Gasteiger partial charge in [-0.25, -0.2) is 0 Å². The Morgan fingerprint density at radius 2 is 1.93 bits per heavy atom. The molecule has 28 heavy (non-hydrogen) atoms. The van der Waals surface area contributed by atoms with Crippen LogP contribution in [0.3, 0.4) is 0 Å². The Hall–Kier alpha value is -2.76. The van der Waals surface area contributed by atoms with Crippen LogP contribution in [0.5, 0.6) is 0 Å². The van der Waals surface area contributed by atoms with Crippen molar-refractivity contribution in [2.24, 2.45) is 0 Å². The van der Waals surface area contributed by atoms with Crippen molar-refractivity contribution in [3.8, 4) is 0 Å². The van der Waals surface area contributed by atoms with Crippen LogP contribution in [0.15, 0.2) is 48.5 Å². The smallest absolute Gasteiger partial charge is 0.254 e. The summed E-state index contributed by atoms with van der Waals surface area (Å²) in [5.74, 6) is -0.0347. The zero-order valence-electron chi connectivity index (χ0n) is 15.9. The van der Waals surface area contributed by atoms with E-state index in [0.29, 0.717) is 31.5 Å². The number of hydrogen-bond acceptors (Lipinski definition) is 4. The van der Waals surface area contributed by atoms with Crippen molar-refractivity contribution < 1.29 is 15.0 Å². The van der Waals surface area contributed by atoms with Crippen LogP contribution >= 0.6 is 0 Å². The van der Waals surface area contributed by atoms with Crippen LogP contribution in [0.2, 0.25) is 0 Å². The maximum atomic E-state index is 13.0. The first-order chi connectivity index (χ1) is 13.6. The number of carbonyl (C=O) groups is 1. The predicted octanol–water partition coefficient (Wildman–Crippen LogP) is 2.83. The van der Waals surface area contributed by atoms with Crippen molar-refractivity contribution in [3.05, 3.63) is 76.5 Å². The number of likely N-dealkylation sites (tertiary alicyclic amines) is 1. The van der Waals surface area contributed by atoms with E-state index in [1.54, 1.807) is 4.90 Å². The van der Waals surface area contributed by atoms with Crippen LogP contribution < -0.4 is 0 Å². The molecule has 0 unspecified atom stereocenters. The van der Waals surface area contributed by atoms with Gasteiger partial charge in [0.25, 0.3) is 5.91 Å². The fourth-order valence-electron chi connectivity index (χ4n) is 3.98. The summed E-state index contributed by atoms with van der Waals surface area (Å²) in [4.78, 5) is 19.4. The summed E-state index contributed by atoms with van der Waals surface area (Å²) in [7, 11) is 0. The summed E-state index contributed by atoms with van der Waals surface area (Å²) in [6.07, 6.45) is 0.777. The van der Waals surface area contributed by atoms with Crippen LogP contribution in [0.1, 0.15) is 39.2 Å². The van der Waals surface area contributed by atoms with Crippen molar-refractivity contribution in [2.75, 3.05) is 13.1 Å². The van der Waals surface area contributed by atoms with Crippen molar-refractivity contribution in [2.45, 2.75) is 32.5 Å². The third-order valence-electron chi connectivity index (χ3n) is 5.39.